The summed E-state index contributed by atoms with van der Waals surface area (Å²) < 4.78 is 4.60. The van der Waals surface area contributed by atoms with Crippen LogP contribution in [0.5, 0.6) is 0 Å². The molecule has 0 spiro atoms. The smallest absolute Gasteiger partial charge is 0.221 e. The second kappa shape index (κ2) is 5.62. The number of hydrogen-bond acceptors (Lipinski definition) is 3. The van der Waals surface area contributed by atoms with Crippen molar-refractivity contribution in [3.8, 4) is 0 Å². The third-order valence-corrected chi connectivity index (χ3v) is 2.31. The first-order valence-electron chi connectivity index (χ1n) is 5.37. The van der Waals surface area contributed by atoms with Crippen molar-refractivity contribution in [1.82, 2.24) is 5.16 Å². The highest BCUT2D eigenvalue weighted by Crippen LogP contribution is 2.08. The summed E-state index contributed by atoms with van der Waals surface area (Å²) >= 11 is 0. The normalized spacial score (nSPS) is 10.7. The van der Waals surface area contributed by atoms with Gasteiger partial charge in [0, 0.05) is 18.0 Å². The van der Waals surface area contributed by atoms with Gasteiger partial charge in [-0.25, -0.2) is 0 Å². The zero-order valence-corrected chi connectivity index (χ0v) is 8.95. The topological polar surface area (TPSA) is 53.0 Å². The summed E-state index contributed by atoms with van der Waals surface area (Å²) in [6.45, 7) is 4.23. The van der Waals surface area contributed by atoms with Crippen molar-refractivity contribution in [1.29, 1.82) is 0 Å². The molecule has 0 aliphatic carbocycles. The molecule has 0 amide bonds. The van der Waals surface area contributed by atoms with E-state index in [2.05, 4.69) is 23.6 Å². The summed E-state index contributed by atoms with van der Waals surface area (Å²) in [4.78, 5) is 0.556. The van der Waals surface area contributed by atoms with E-state index in [4.69, 9.17) is 0 Å². The van der Waals surface area contributed by atoms with E-state index in [1.54, 1.807) is 0 Å². The Morgan fingerprint density at radius 2 is 1.86 bits per heavy atom. The van der Waals surface area contributed by atoms with Crippen LogP contribution in [0.15, 0.2) is 4.63 Å². The fourth-order valence-electron chi connectivity index (χ4n) is 1.41. The van der Waals surface area contributed by atoms with Gasteiger partial charge in [-0.2, -0.15) is 0 Å². The summed E-state index contributed by atoms with van der Waals surface area (Å²) in [5.41, 5.74) is 1.57. The summed E-state index contributed by atoms with van der Waals surface area (Å²) in [6, 6.07) is 0. The Morgan fingerprint density at radius 1 is 1.21 bits per heavy atom. The summed E-state index contributed by atoms with van der Waals surface area (Å²) in [5.74, 6) is 0. The number of aryl methyl sites for hydroxylation is 1. The van der Waals surface area contributed by atoms with E-state index >= 15 is 0 Å². The summed E-state index contributed by atoms with van der Waals surface area (Å²) in [7, 11) is 0. The zero-order valence-electron chi connectivity index (χ0n) is 8.95. The number of unbranched alkanes of at least 4 members (excludes halogenated alkanes) is 2. The Kier molecular flexibility index (Phi) is 4.43. The molecule has 0 saturated carbocycles. The van der Waals surface area contributed by atoms with E-state index in [1.165, 1.54) is 0 Å². The molecule has 1 heterocycles. The van der Waals surface area contributed by atoms with Crippen molar-refractivity contribution in [2.45, 2.75) is 52.4 Å². The molecule has 1 rings (SSSR count). The van der Waals surface area contributed by atoms with Crippen molar-refractivity contribution in [3.05, 3.63) is 16.6 Å². The SMILES string of the molecule is CCCCc1no[n+]([O-])c1CCCC. The first kappa shape index (κ1) is 11.0. The minimum absolute atomic E-state index is 0.556. The molecule has 1 aromatic heterocycles. The van der Waals surface area contributed by atoms with Gasteiger partial charge in [0.2, 0.25) is 5.69 Å². The quantitative estimate of drug-likeness (QED) is 0.657. The lowest BCUT2D eigenvalue weighted by Gasteiger charge is -1.96. The molecule has 0 aliphatic heterocycles. The zero-order chi connectivity index (χ0) is 10.4. The van der Waals surface area contributed by atoms with Gasteiger partial charge in [-0.1, -0.05) is 26.7 Å². The van der Waals surface area contributed by atoms with Gasteiger partial charge in [-0.15, -0.1) is 0 Å². The number of hydrogen-bond donors (Lipinski definition) is 0. The highest BCUT2D eigenvalue weighted by atomic mass is 16.8. The standard InChI is InChI=1S/C10H18N2O2/c1-3-5-7-9-10(8-6-4-2)12(13)14-11-9/h3-8H2,1-2H3. The fraction of sp³-hybridized carbons (Fsp3) is 0.800. The predicted octanol–water partition coefficient (Wildman–Crippen LogP) is 1.99. The lowest BCUT2D eigenvalue weighted by atomic mass is 10.1. The van der Waals surface area contributed by atoms with E-state index in [0.29, 0.717) is 4.90 Å². The summed E-state index contributed by atoms with van der Waals surface area (Å²) in [6.07, 6.45) is 5.91. The molecule has 0 aliphatic rings. The van der Waals surface area contributed by atoms with E-state index in [0.717, 1.165) is 49.9 Å². The monoisotopic (exact) mass is 198 g/mol. The average Bonchev–Trinajstić information content (AvgIpc) is 2.53. The van der Waals surface area contributed by atoms with Crippen LogP contribution in [-0.2, 0) is 12.8 Å². The van der Waals surface area contributed by atoms with Crippen molar-refractivity contribution in [3.63, 3.8) is 0 Å². The Balaban J connectivity index is 2.62. The van der Waals surface area contributed by atoms with Crippen LogP contribution in [0.1, 0.15) is 50.9 Å². The molecule has 0 atom stereocenters. The molecule has 80 valence electrons. The van der Waals surface area contributed by atoms with Gasteiger partial charge in [0.05, 0.1) is 0 Å². The molecule has 14 heavy (non-hydrogen) atoms. The predicted molar refractivity (Wildman–Crippen MR) is 52.7 cm³/mol. The lowest BCUT2D eigenvalue weighted by Crippen LogP contribution is -2.28. The highest BCUT2D eigenvalue weighted by Gasteiger charge is 2.17. The molecule has 0 fully saturated rings. The minimum atomic E-state index is 0.556. The molecule has 0 bridgehead atoms. The Labute approximate surface area is 84.4 Å². The average molecular weight is 198 g/mol. The van der Waals surface area contributed by atoms with E-state index in [-0.39, 0.29) is 0 Å². The first-order valence-corrected chi connectivity index (χ1v) is 5.37. The van der Waals surface area contributed by atoms with Crippen molar-refractivity contribution in [2.75, 3.05) is 0 Å². The maximum Gasteiger partial charge on any atom is 0.221 e. The van der Waals surface area contributed by atoms with Gasteiger partial charge >= 0.3 is 0 Å². The molecule has 0 aromatic carbocycles. The fourth-order valence-corrected chi connectivity index (χ4v) is 1.41. The van der Waals surface area contributed by atoms with E-state index < -0.39 is 0 Å². The molecular formula is C10H18N2O2. The maximum absolute atomic E-state index is 11.2. The van der Waals surface area contributed by atoms with Gasteiger partial charge < -0.3 is 5.21 Å². The molecule has 1 aromatic rings. The van der Waals surface area contributed by atoms with Crippen LogP contribution in [0, 0.1) is 5.21 Å². The highest BCUT2D eigenvalue weighted by molar-refractivity contribution is 5.03. The first-order chi connectivity index (χ1) is 6.79. The minimum Gasteiger partial charge on any atom is -0.359 e. The van der Waals surface area contributed by atoms with Gasteiger partial charge in [0.1, 0.15) is 0 Å². The van der Waals surface area contributed by atoms with Gasteiger partial charge in [-0.3, -0.25) is 4.63 Å². The molecule has 0 saturated heterocycles. The maximum atomic E-state index is 11.2. The molecular weight excluding hydrogens is 180 g/mol. The third-order valence-electron chi connectivity index (χ3n) is 2.31. The van der Waals surface area contributed by atoms with Crippen LogP contribution in [-0.4, -0.2) is 5.16 Å². The lowest BCUT2D eigenvalue weighted by molar-refractivity contribution is -0.808. The third kappa shape index (κ3) is 2.72. The number of nitrogens with zero attached hydrogens (tertiary/aromatic N) is 2. The van der Waals surface area contributed by atoms with E-state index in [1.807, 2.05) is 0 Å². The molecule has 4 heteroatoms. The van der Waals surface area contributed by atoms with E-state index in [9.17, 15) is 5.21 Å². The largest absolute Gasteiger partial charge is 0.359 e. The van der Waals surface area contributed by atoms with Crippen molar-refractivity contribution >= 4 is 0 Å². The van der Waals surface area contributed by atoms with Crippen LogP contribution in [0.4, 0.5) is 0 Å². The van der Waals surface area contributed by atoms with Crippen molar-refractivity contribution < 1.29 is 9.53 Å². The number of rotatable bonds is 6. The molecule has 0 unspecified atom stereocenters. The van der Waals surface area contributed by atoms with Gasteiger partial charge in [0.15, 0.2) is 5.69 Å². The van der Waals surface area contributed by atoms with Crippen molar-refractivity contribution in [2.24, 2.45) is 0 Å². The van der Waals surface area contributed by atoms with Gasteiger partial charge in [-0.05, 0) is 17.7 Å². The Bertz CT molecular complexity index is 271. The second-order valence-corrected chi connectivity index (χ2v) is 3.53. The Morgan fingerprint density at radius 3 is 2.50 bits per heavy atom. The van der Waals surface area contributed by atoms with Gasteiger partial charge in [0.25, 0.3) is 0 Å². The summed E-state index contributed by atoms with van der Waals surface area (Å²) in [5, 5.41) is 15.0. The van der Waals surface area contributed by atoms with Crippen LogP contribution in [0.25, 0.3) is 0 Å². The molecule has 0 radical (unpaired) electrons. The van der Waals surface area contributed by atoms with Crippen LogP contribution in [0.3, 0.4) is 0 Å². The van der Waals surface area contributed by atoms with Crippen LogP contribution < -0.4 is 4.90 Å². The van der Waals surface area contributed by atoms with Crippen LogP contribution in [0.2, 0.25) is 0 Å². The molecule has 4 nitrogen and oxygen atoms in total. The Hall–Kier alpha value is -1.06. The van der Waals surface area contributed by atoms with Crippen LogP contribution >= 0.6 is 0 Å². The molecule has 0 N–H and O–H groups in total. The number of aromatic nitrogens is 2. The second-order valence-electron chi connectivity index (χ2n) is 3.53.